The van der Waals surface area contributed by atoms with Gasteiger partial charge in [-0.1, -0.05) is 24.6 Å². The van der Waals surface area contributed by atoms with Gasteiger partial charge in [-0.05, 0) is 75.6 Å². The topological polar surface area (TPSA) is 52.6 Å². The molecule has 0 spiro atoms. The summed E-state index contributed by atoms with van der Waals surface area (Å²) in [6.45, 7) is 8.68. The number of benzene rings is 2. The lowest BCUT2D eigenvalue weighted by Gasteiger charge is -2.43. The highest BCUT2D eigenvalue weighted by atomic mass is 35.5. The molecule has 1 aliphatic heterocycles. The molecule has 0 atom stereocenters. The first-order chi connectivity index (χ1) is 13.5. The smallest absolute Gasteiger partial charge is 0.179 e. The minimum atomic E-state index is -1.09. The predicted octanol–water partition coefficient (Wildman–Crippen LogP) is 5.64. The Morgan fingerprint density at radius 3 is 2.21 bits per heavy atom. The number of ether oxygens (including phenoxy) is 2. The standard InChI is InChI=1S/C23H24ClFO4/c1-6-13-7-9-15(28-18-10-8-14(25)11-17(18)24)12-16(13)19-20(26)22(2,3)29-23(4,5)21(19)27/h7-12,19H,6H2,1-5H3. The predicted molar refractivity (Wildman–Crippen MR) is 109 cm³/mol. The Morgan fingerprint density at radius 2 is 1.66 bits per heavy atom. The van der Waals surface area contributed by atoms with Gasteiger partial charge >= 0.3 is 0 Å². The van der Waals surface area contributed by atoms with E-state index in [-0.39, 0.29) is 22.3 Å². The summed E-state index contributed by atoms with van der Waals surface area (Å²) in [4.78, 5) is 26.3. The van der Waals surface area contributed by atoms with Gasteiger partial charge < -0.3 is 9.47 Å². The monoisotopic (exact) mass is 418 g/mol. The van der Waals surface area contributed by atoms with E-state index in [1.807, 2.05) is 13.0 Å². The Labute approximate surface area is 175 Å². The Hall–Kier alpha value is -2.24. The Balaban J connectivity index is 2.07. The quantitative estimate of drug-likeness (QED) is 0.602. The van der Waals surface area contributed by atoms with Crippen molar-refractivity contribution >= 4 is 23.2 Å². The summed E-state index contributed by atoms with van der Waals surface area (Å²) in [5.74, 6) is -1.29. The van der Waals surface area contributed by atoms with E-state index >= 15 is 0 Å². The third-order valence-electron chi connectivity index (χ3n) is 5.15. The van der Waals surface area contributed by atoms with E-state index in [2.05, 4.69) is 0 Å². The van der Waals surface area contributed by atoms with Crippen LogP contribution in [0.4, 0.5) is 4.39 Å². The summed E-state index contributed by atoms with van der Waals surface area (Å²) in [5, 5.41) is 0.131. The van der Waals surface area contributed by atoms with Crippen molar-refractivity contribution in [3.63, 3.8) is 0 Å². The van der Waals surface area contributed by atoms with Crippen molar-refractivity contribution < 1.29 is 23.5 Å². The van der Waals surface area contributed by atoms with Crippen molar-refractivity contribution in [1.29, 1.82) is 0 Å². The third kappa shape index (κ3) is 4.07. The van der Waals surface area contributed by atoms with Crippen LogP contribution in [0.15, 0.2) is 36.4 Å². The zero-order valence-electron chi connectivity index (χ0n) is 17.1. The van der Waals surface area contributed by atoms with Gasteiger partial charge in [-0.2, -0.15) is 0 Å². The molecule has 2 aromatic carbocycles. The molecule has 0 bridgehead atoms. The lowest BCUT2D eigenvalue weighted by atomic mass is 9.73. The lowest BCUT2D eigenvalue weighted by Crippen LogP contribution is -2.58. The van der Waals surface area contributed by atoms with Crippen molar-refractivity contribution in [2.45, 2.75) is 58.2 Å². The second-order valence-corrected chi connectivity index (χ2v) is 8.58. The summed E-state index contributed by atoms with van der Waals surface area (Å²) in [6, 6.07) is 9.11. The van der Waals surface area contributed by atoms with Crippen LogP contribution in [0.1, 0.15) is 51.7 Å². The third-order valence-corrected chi connectivity index (χ3v) is 5.45. The first-order valence-corrected chi connectivity index (χ1v) is 9.88. The summed E-state index contributed by atoms with van der Waals surface area (Å²) in [6.07, 6.45) is 0.645. The largest absolute Gasteiger partial charge is 0.456 e. The molecule has 2 aromatic rings. The van der Waals surface area contributed by atoms with Crippen molar-refractivity contribution in [3.8, 4) is 11.5 Å². The van der Waals surface area contributed by atoms with E-state index < -0.39 is 22.9 Å². The summed E-state index contributed by atoms with van der Waals surface area (Å²) < 4.78 is 24.9. The molecule has 154 valence electrons. The molecule has 0 amide bonds. The van der Waals surface area contributed by atoms with Crippen molar-refractivity contribution in [2.24, 2.45) is 0 Å². The fraction of sp³-hybridized carbons (Fsp3) is 0.391. The SMILES string of the molecule is CCc1ccc(Oc2ccc(F)cc2Cl)cc1C1C(=O)C(C)(C)OC(C)(C)C1=O. The maximum atomic E-state index is 13.3. The lowest BCUT2D eigenvalue weighted by molar-refractivity contribution is -0.184. The highest BCUT2D eigenvalue weighted by Crippen LogP contribution is 2.41. The molecule has 6 heteroatoms. The first kappa shape index (κ1) is 21.5. The molecule has 1 aliphatic rings. The van der Waals surface area contributed by atoms with Crippen LogP contribution in [-0.4, -0.2) is 22.8 Å². The molecule has 29 heavy (non-hydrogen) atoms. The van der Waals surface area contributed by atoms with Gasteiger partial charge in [-0.15, -0.1) is 0 Å². The zero-order chi connectivity index (χ0) is 21.6. The Morgan fingerprint density at radius 1 is 1.03 bits per heavy atom. The van der Waals surface area contributed by atoms with E-state index in [9.17, 15) is 14.0 Å². The highest BCUT2D eigenvalue weighted by molar-refractivity contribution is 6.32. The van der Waals surface area contributed by atoms with Crippen LogP contribution < -0.4 is 4.74 Å². The van der Waals surface area contributed by atoms with Gasteiger partial charge in [0, 0.05) is 0 Å². The number of rotatable bonds is 4. The normalized spacial score (nSPS) is 18.7. The number of carbonyl (C=O) groups excluding carboxylic acids is 2. The van der Waals surface area contributed by atoms with Crippen LogP contribution in [0.5, 0.6) is 11.5 Å². The number of hydrogen-bond acceptors (Lipinski definition) is 4. The molecule has 4 nitrogen and oxygen atoms in total. The molecular formula is C23H24ClFO4. The van der Waals surface area contributed by atoms with Crippen LogP contribution in [-0.2, 0) is 20.7 Å². The molecule has 0 aliphatic carbocycles. The zero-order valence-corrected chi connectivity index (χ0v) is 17.9. The van der Waals surface area contributed by atoms with Gasteiger partial charge in [-0.25, -0.2) is 4.39 Å². The molecule has 0 N–H and O–H groups in total. The minimum absolute atomic E-state index is 0.131. The van der Waals surface area contributed by atoms with E-state index in [0.29, 0.717) is 17.7 Å². The van der Waals surface area contributed by atoms with Crippen molar-refractivity contribution in [2.75, 3.05) is 0 Å². The number of hydrogen-bond donors (Lipinski definition) is 0. The van der Waals surface area contributed by atoms with E-state index in [1.54, 1.807) is 39.8 Å². The van der Waals surface area contributed by atoms with Crippen LogP contribution in [0, 0.1) is 5.82 Å². The molecule has 0 radical (unpaired) electrons. The van der Waals surface area contributed by atoms with Gasteiger partial charge in [0.15, 0.2) is 11.6 Å². The van der Waals surface area contributed by atoms with Gasteiger partial charge in [0.2, 0.25) is 0 Å². The molecule has 1 fully saturated rings. The number of aryl methyl sites for hydroxylation is 1. The maximum Gasteiger partial charge on any atom is 0.179 e. The molecule has 1 saturated heterocycles. The van der Waals surface area contributed by atoms with E-state index in [1.165, 1.54) is 12.1 Å². The first-order valence-electron chi connectivity index (χ1n) is 9.51. The molecule has 0 aromatic heterocycles. The second-order valence-electron chi connectivity index (χ2n) is 8.18. The maximum absolute atomic E-state index is 13.3. The van der Waals surface area contributed by atoms with Gasteiger partial charge in [0.05, 0.1) is 5.02 Å². The van der Waals surface area contributed by atoms with E-state index in [4.69, 9.17) is 21.1 Å². The molecule has 0 unspecified atom stereocenters. The number of Topliss-reactive ketones (excluding diaryl/α,β-unsaturated/α-hetero) is 2. The molecule has 1 heterocycles. The van der Waals surface area contributed by atoms with Gasteiger partial charge in [0.25, 0.3) is 0 Å². The Bertz CT molecular complexity index is 955. The minimum Gasteiger partial charge on any atom is -0.456 e. The molecule has 3 rings (SSSR count). The van der Waals surface area contributed by atoms with Crippen LogP contribution in [0.25, 0.3) is 0 Å². The van der Waals surface area contributed by atoms with Crippen molar-refractivity contribution in [1.82, 2.24) is 0 Å². The number of carbonyl (C=O) groups is 2. The average Bonchev–Trinajstić information content (AvgIpc) is 2.62. The summed E-state index contributed by atoms with van der Waals surface area (Å²) in [7, 11) is 0. The average molecular weight is 419 g/mol. The van der Waals surface area contributed by atoms with E-state index in [0.717, 1.165) is 11.6 Å². The highest BCUT2D eigenvalue weighted by Gasteiger charge is 2.53. The van der Waals surface area contributed by atoms with Crippen LogP contribution >= 0.6 is 11.6 Å². The second kappa shape index (κ2) is 7.54. The number of ketones is 2. The van der Waals surface area contributed by atoms with Gasteiger partial charge in [-0.3, -0.25) is 9.59 Å². The fourth-order valence-corrected chi connectivity index (χ4v) is 3.95. The molecule has 0 saturated carbocycles. The van der Waals surface area contributed by atoms with Gasteiger partial charge in [0.1, 0.15) is 34.4 Å². The summed E-state index contributed by atoms with van der Waals surface area (Å²) >= 11 is 6.06. The van der Waals surface area contributed by atoms with Crippen LogP contribution in [0.2, 0.25) is 5.02 Å². The number of halogens is 2. The summed E-state index contributed by atoms with van der Waals surface area (Å²) in [5.41, 5.74) is -0.709. The van der Waals surface area contributed by atoms with Crippen molar-refractivity contribution in [3.05, 3.63) is 58.4 Å². The molecular weight excluding hydrogens is 395 g/mol. The Kier molecular flexibility index (Phi) is 5.58. The fourth-order valence-electron chi connectivity index (χ4n) is 3.75. The van der Waals surface area contributed by atoms with Crippen LogP contribution in [0.3, 0.4) is 0 Å².